The van der Waals surface area contributed by atoms with E-state index in [1.165, 1.54) is 18.4 Å². The van der Waals surface area contributed by atoms with E-state index < -0.39 is 0 Å². The summed E-state index contributed by atoms with van der Waals surface area (Å²) in [5.41, 5.74) is 2.28. The zero-order valence-electron chi connectivity index (χ0n) is 11.6. The second-order valence-corrected chi connectivity index (χ2v) is 6.20. The number of unbranched alkanes of at least 4 members (excludes halogenated alkanes) is 1. The van der Waals surface area contributed by atoms with Crippen LogP contribution < -0.4 is 5.32 Å². The number of anilines is 1. The number of hydrogen-bond acceptors (Lipinski definition) is 1. The van der Waals surface area contributed by atoms with Gasteiger partial charge in [0.15, 0.2) is 0 Å². The minimum atomic E-state index is 0.294. The highest BCUT2D eigenvalue weighted by molar-refractivity contribution is 9.10. The quantitative estimate of drug-likeness (QED) is 0.630. The summed E-state index contributed by atoms with van der Waals surface area (Å²) < 4.78 is 1.03. The van der Waals surface area contributed by atoms with Crippen LogP contribution in [-0.4, -0.2) is 0 Å². The van der Waals surface area contributed by atoms with Crippen molar-refractivity contribution in [2.75, 3.05) is 5.32 Å². The largest absolute Gasteiger partial charge is 0.377 e. The van der Waals surface area contributed by atoms with Gasteiger partial charge in [-0.15, -0.1) is 0 Å². The maximum atomic E-state index is 6.28. The van der Waals surface area contributed by atoms with Crippen LogP contribution in [-0.2, 0) is 0 Å². The van der Waals surface area contributed by atoms with Crippen LogP contribution in [0.2, 0.25) is 5.02 Å². The van der Waals surface area contributed by atoms with Crippen LogP contribution in [0, 0.1) is 0 Å². The van der Waals surface area contributed by atoms with Gasteiger partial charge in [0.25, 0.3) is 0 Å². The predicted octanol–water partition coefficient (Wildman–Crippen LogP) is 6.45. The molecule has 0 spiro atoms. The summed E-state index contributed by atoms with van der Waals surface area (Å²) in [5.74, 6) is 0. The molecule has 0 amide bonds. The Kier molecular flexibility index (Phi) is 5.93. The second kappa shape index (κ2) is 7.70. The van der Waals surface area contributed by atoms with Gasteiger partial charge in [0.2, 0.25) is 0 Å². The van der Waals surface area contributed by atoms with E-state index in [2.05, 4.69) is 52.4 Å². The Morgan fingerprint density at radius 3 is 2.60 bits per heavy atom. The molecule has 0 saturated carbocycles. The Morgan fingerprint density at radius 1 is 1.15 bits per heavy atom. The van der Waals surface area contributed by atoms with Crippen molar-refractivity contribution in [1.29, 1.82) is 0 Å². The molecule has 0 saturated heterocycles. The highest BCUT2D eigenvalue weighted by Gasteiger charge is 2.12. The predicted molar refractivity (Wildman–Crippen MR) is 91.5 cm³/mol. The molecule has 0 aliphatic heterocycles. The van der Waals surface area contributed by atoms with Crippen molar-refractivity contribution in [3.8, 4) is 0 Å². The number of hydrogen-bond donors (Lipinski definition) is 1. The average molecular weight is 353 g/mol. The number of nitrogens with one attached hydrogen (secondary N) is 1. The van der Waals surface area contributed by atoms with Crippen molar-refractivity contribution in [3.05, 3.63) is 63.6 Å². The maximum absolute atomic E-state index is 6.28. The molecule has 2 aromatic carbocycles. The molecule has 106 valence electrons. The van der Waals surface area contributed by atoms with Gasteiger partial charge >= 0.3 is 0 Å². The summed E-state index contributed by atoms with van der Waals surface area (Å²) in [4.78, 5) is 0. The molecule has 3 heteroatoms. The van der Waals surface area contributed by atoms with Crippen molar-refractivity contribution < 1.29 is 0 Å². The van der Waals surface area contributed by atoms with Crippen LogP contribution >= 0.6 is 27.5 Å². The summed E-state index contributed by atoms with van der Waals surface area (Å²) in [6, 6.07) is 16.7. The van der Waals surface area contributed by atoms with Gasteiger partial charge in [-0.3, -0.25) is 0 Å². The molecular formula is C17H19BrClN. The van der Waals surface area contributed by atoms with E-state index >= 15 is 0 Å². The fourth-order valence-electron chi connectivity index (χ4n) is 2.21. The summed E-state index contributed by atoms with van der Waals surface area (Å²) >= 11 is 9.77. The first kappa shape index (κ1) is 15.4. The summed E-state index contributed by atoms with van der Waals surface area (Å²) in [6.45, 7) is 2.22. The van der Waals surface area contributed by atoms with Crippen molar-refractivity contribution >= 4 is 33.2 Å². The average Bonchev–Trinajstić information content (AvgIpc) is 2.48. The molecule has 1 unspecified atom stereocenters. The van der Waals surface area contributed by atoms with Gasteiger partial charge in [0, 0.05) is 4.47 Å². The summed E-state index contributed by atoms with van der Waals surface area (Å²) in [6.07, 6.45) is 3.48. The molecule has 0 radical (unpaired) electrons. The molecule has 0 bridgehead atoms. The van der Waals surface area contributed by atoms with Crippen molar-refractivity contribution in [2.45, 2.75) is 32.2 Å². The molecule has 2 aromatic rings. The lowest BCUT2D eigenvalue weighted by molar-refractivity contribution is 0.634. The third-order valence-corrected chi connectivity index (χ3v) is 4.13. The first-order valence-corrected chi connectivity index (χ1v) is 8.14. The summed E-state index contributed by atoms with van der Waals surface area (Å²) in [5, 5.41) is 4.33. The van der Waals surface area contributed by atoms with Gasteiger partial charge in [0.05, 0.1) is 16.8 Å². The number of benzene rings is 2. The lowest BCUT2D eigenvalue weighted by Crippen LogP contribution is -2.11. The van der Waals surface area contributed by atoms with E-state index in [0.717, 1.165) is 21.6 Å². The van der Waals surface area contributed by atoms with Crippen LogP contribution in [0.3, 0.4) is 0 Å². The molecule has 0 aromatic heterocycles. The third-order valence-electron chi connectivity index (χ3n) is 3.31. The fraction of sp³-hybridized carbons (Fsp3) is 0.294. The van der Waals surface area contributed by atoms with Gasteiger partial charge in [-0.05, 0) is 30.2 Å². The smallest absolute Gasteiger partial charge is 0.0638 e. The van der Waals surface area contributed by atoms with Crippen LogP contribution in [0.15, 0.2) is 53.0 Å². The zero-order valence-corrected chi connectivity index (χ0v) is 13.9. The van der Waals surface area contributed by atoms with Gasteiger partial charge in [-0.25, -0.2) is 0 Å². The standard InChI is InChI=1S/C17H19BrClN/c1-2-3-9-16(13-7-5-4-6-8-13)20-17-12-14(18)10-11-15(17)19/h4-8,10-12,16,20H,2-3,9H2,1H3. The van der Waals surface area contributed by atoms with Gasteiger partial charge in [-0.2, -0.15) is 0 Å². The molecule has 20 heavy (non-hydrogen) atoms. The number of halogens is 2. The molecule has 1 atom stereocenters. The highest BCUT2D eigenvalue weighted by Crippen LogP contribution is 2.31. The SMILES string of the molecule is CCCCC(Nc1cc(Br)ccc1Cl)c1ccccc1. The molecule has 2 rings (SSSR count). The molecular weight excluding hydrogens is 334 g/mol. The maximum Gasteiger partial charge on any atom is 0.0638 e. The molecule has 1 N–H and O–H groups in total. The third kappa shape index (κ3) is 4.26. The highest BCUT2D eigenvalue weighted by atomic mass is 79.9. The summed E-state index contributed by atoms with van der Waals surface area (Å²) in [7, 11) is 0. The Labute approximate surface area is 134 Å². The lowest BCUT2D eigenvalue weighted by atomic mass is 10.0. The Hall–Kier alpha value is -0.990. The molecule has 0 fully saturated rings. The van der Waals surface area contributed by atoms with Gasteiger partial charge < -0.3 is 5.32 Å². The van der Waals surface area contributed by atoms with Crippen molar-refractivity contribution in [1.82, 2.24) is 0 Å². The van der Waals surface area contributed by atoms with E-state index in [4.69, 9.17) is 11.6 Å². The molecule has 0 aliphatic rings. The lowest BCUT2D eigenvalue weighted by Gasteiger charge is -2.21. The van der Waals surface area contributed by atoms with Crippen LogP contribution in [0.25, 0.3) is 0 Å². The first-order valence-electron chi connectivity index (χ1n) is 6.97. The first-order chi connectivity index (χ1) is 9.70. The fourth-order valence-corrected chi connectivity index (χ4v) is 2.74. The van der Waals surface area contributed by atoms with E-state index in [1.54, 1.807) is 0 Å². The zero-order chi connectivity index (χ0) is 14.4. The van der Waals surface area contributed by atoms with Crippen LogP contribution in [0.4, 0.5) is 5.69 Å². The monoisotopic (exact) mass is 351 g/mol. The van der Waals surface area contributed by atoms with Crippen LogP contribution in [0.1, 0.15) is 37.8 Å². The van der Waals surface area contributed by atoms with E-state index in [1.807, 2.05) is 24.3 Å². The van der Waals surface area contributed by atoms with Gasteiger partial charge in [0.1, 0.15) is 0 Å². The minimum absolute atomic E-state index is 0.294. The molecule has 0 heterocycles. The topological polar surface area (TPSA) is 12.0 Å². The molecule has 1 nitrogen and oxygen atoms in total. The van der Waals surface area contributed by atoms with Gasteiger partial charge in [-0.1, -0.05) is 77.6 Å². The van der Waals surface area contributed by atoms with E-state index in [0.29, 0.717) is 6.04 Å². The van der Waals surface area contributed by atoms with E-state index in [-0.39, 0.29) is 0 Å². The normalized spacial score (nSPS) is 12.2. The molecule has 0 aliphatic carbocycles. The number of rotatable bonds is 6. The van der Waals surface area contributed by atoms with Crippen molar-refractivity contribution in [2.24, 2.45) is 0 Å². The Balaban J connectivity index is 2.21. The van der Waals surface area contributed by atoms with Crippen molar-refractivity contribution in [3.63, 3.8) is 0 Å². The Morgan fingerprint density at radius 2 is 1.90 bits per heavy atom. The van der Waals surface area contributed by atoms with E-state index in [9.17, 15) is 0 Å². The van der Waals surface area contributed by atoms with Crippen LogP contribution in [0.5, 0.6) is 0 Å². The Bertz CT molecular complexity index is 542. The minimum Gasteiger partial charge on any atom is -0.377 e. The second-order valence-electron chi connectivity index (χ2n) is 4.87.